The Kier molecular flexibility index (Phi) is 7.17. The number of likely N-dealkylation sites (tertiary alicyclic amines) is 2. The lowest BCUT2D eigenvalue weighted by molar-refractivity contribution is 0.116. The van der Waals surface area contributed by atoms with Gasteiger partial charge in [-0.1, -0.05) is 42.4 Å². The standard InChI is InChI=1S/C28H29F2N5O2/c1-2-18-6-8-20(9-7-18)21-14-22(17-35(16-21)28(36)34-12-10-19(15-31)11-13-34)27-32-26(33-37-27)23-4-3-5-24(29)25(23)30/h3-9,19,21-22H,2,10-14,16-17H2,1H3. The molecule has 2 aliphatic heterocycles. The average Bonchev–Trinajstić information content (AvgIpc) is 3.44. The van der Waals surface area contributed by atoms with Gasteiger partial charge in [-0.05, 0) is 48.9 Å². The van der Waals surface area contributed by atoms with Crippen molar-refractivity contribution in [1.82, 2.24) is 19.9 Å². The summed E-state index contributed by atoms with van der Waals surface area (Å²) in [6, 6.07) is 14.5. The van der Waals surface area contributed by atoms with Gasteiger partial charge in [0.05, 0.1) is 17.6 Å². The highest BCUT2D eigenvalue weighted by Crippen LogP contribution is 2.37. The van der Waals surface area contributed by atoms with E-state index in [-0.39, 0.29) is 35.2 Å². The highest BCUT2D eigenvalue weighted by Gasteiger charge is 2.37. The summed E-state index contributed by atoms with van der Waals surface area (Å²) >= 11 is 0. The summed E-state index contributed by atoms with van der Waals surface area (Å²) in [5.41, 5.74) is 2.30. The molecule has 2 saturated heterocycles. The molecule has 9 heteroatoms. The second kappa shape index (κ2) is 10.7. The number of hydrogen-bond donors (Lipinski definition) is 0. The first kappa shape index (κ1) is 24.9. The smallest absolute Gasteiger partial charge is 0.320 e. The van der Waals surface area contributed by atoms with Crippen LogP contribution in [0.4, 0.5) is 13.6 Å². The van der Waals surface area contributed by atoms with Crippen LogP contribution in [0.15, 0.2) is 47.0 Å². The van der Waals surface area contributed by atoms with Crippen LogP contribution in [0.25, 0.3) is 11.4 Å². The number of aromatic nitrogens is 2. The van der Waals surface area contributed by atoms with Gasteiger partial charge in [0.2, 0.25) is 11.7 Å². The van der Waals surface area contributed by atoms with Crippen LogP contribution in [0.3, 0.4) is 0 Å². The number of amides is 2. The summed E-state index contributed by atoms with van der Waals surface area (Å²) in [6.45, 7) is 4.15. The fourth-order valence-corrected chi connectivity index (χ4v) is 5.29. The zero-order chi connectivity index (χ0) is 25.9. The van der Waals surface area contributed by atoms with Gasteiger partial charge in [-0.25, -0.2) is 13.6 Å². The fourth-order valence-electron chi connectivity index (χ4n) is 5.29. The maximum absolute atomic E-state index is 14.3. The topological polar surface area (TPSA) is 86.3 Å². The summed E-state index contributed by atoms with van der Waals surface area (Å²) < 4.78 is 33.6. The summed E-state index contributed by atoms with van der Waals surface area (Å²) in [5.74, 6) is -1.94. The third kappa shape index (κ3) is 5.19. The number of hydrogen-bond acceptors (Lipinski definition) is 5. The van der Waals surface area contributed by atoms with E-state index in [4.69, 9.17) is 4.52 Å². The highest BCUT2D eigenvalue weighted by molar-refractivity contribution is 5.75. The first-order valence-corrected chi connectivity index (χ1v) is 12.8. The molecule has 3 aromatic rings. The summed E-state index contributed by atoms with van der Waals surface area (Å²) in [4.78, 5) is 21.6. The third-order valence-corrected chi connectivity index (χ3v) is 7.51. The lowest BCUT2D eigenvalue weighted by Gasteiger charge is -2.40. The van der Waals surface area contributed by atoms with Crippen molar-refractivity contribution >= 4 is 6.03 Å². The second-order valence-corrected chi connectivity index (χ2v) is 9.86. The van der Waals surface area contributed by atoms with Gasteiger partial charge >= 0.3 is 6.03 Å². The normalized spacial score (nSPS) is 20.6. The first-order valence-electron chi connectivity index (χ1n) is 12.8. The van der Waals surface area contributed by atoms with Crippen LogP contribution in [0.5, 0.6) is 0 Å². The molecule has 2 atom stereocenters. The summed E-state index contributed by atoms with van der Waals surface area (Å²) in [5, 5.41) is 13.1. The van der Waals surface area contributed by atoms with Gasteiger partial charge in [0.25, 0.3) is 0 Å². The molecule has 2 aromatic carbocycles. The van der Waals surface area contributed by atoms with E-state index < -0.39 is 11.6 Å². The van der Waals surface area contributed by atoms with Crippen LogP contribution in [-0.2, 0) is 6.42 Å². The van der Waals surface area contributed by atoms with E-state index in [0.29, 0.717) is 51.3 Å². The number of carbonyl (C=O) groups excluding carboxylic acids is 1. The van der Waals surface area contributed by atoms with E-state index in [0.717, 1.165) is 18.1 Å². The molecule has 0 radical (unpaired) electrons. The average molecular weight is 506 g/mol. The fraction of sp³-hybridized carbons (Fsp3) is 0.429. The van der Waals surface area contributed by atoms with Gasteiger partial charge in [0, 0.05) is 38.0 Å². The van der Waals surface area contributed by atoms with Crippen molar-refractivity contribution in [2.75, 3.05) is 26.2 Å². The number of halogens is 2. The van der Waals surface area contributed by atoms with Crippen LogP contribution in [0.2, 0.25) is 0 Å². The molecule has 1 aromatic heterocycles. The largest absolute Gasteiger partial charge is 0.339 e. The minimum absolute atomic E-state index is 0.0111. The van der Waals surface area contributed by atoms with Crippen molar-refractivity contribution in [2.45, 2.75) is 44.4 Å². The molecule has 2 aliphatic rings. The first-order chi connectivity index (χ1) is 18.0. The van der Waals surface area contributed by atoms with Crippen LogP contribution in [0, 0.1) is 28.9 Å². The number of rotatable bonds is 4. The predicted octanol–water partition coefficient (Wildman–Crippen LogP) is 5.51. The molecule has 0 aliphatic carbocycles. The number of nitriles is 1. The molecule has 37 heavy (non-hydrogen) atoms. The van der Waals surface area contributed by atoms with Crippen molar-refractivity contribution in [3.8, 4) is 17.5 Å². The number of piperidine rings is 2. The van der Waals surface area contributed by atoms with Crippen LogP contribution >= 0.6 is 0 Å². The Morgan fingerprint density at radius 3 is 2.51 bits per heavy atom. The molecular formula is C28H29F2N5O2. The Morgan fingerprint density at radius 1 is 1.08 bits per heavy atom. The van der Waals surface area contributed by atoms with Crippen LogP contribution in [0.1, 0.15) is 55.0 Å². The Hall–Kier alpha value is -3.80. The third-order valence-electron chi connectivity index (χ3n) is 7.51. The summed E-state index contributed by atoms with van der Waals surface area (Å²) in [6.07, 6.45) is 2.97. The Labute approximate surface area is 214 Å². The number of aryl methyl sites for hydroxylation is 1. The minimum atomic E-state index is -1.02. The van der Waals surface area contributed by atoms with E-state index in [2.05, 4.69) is 47.4 Å². The van der Waals surface area contributed by atoms with E-state index in [1.54, 1.807) is 0 Å². The molecule has 192 valence electrons. The number of nitrogens with zero attached hydrogens (tertiary/aromatic N) is 5. The molecule has 2 amide bonds. The lowest BCUT2D eigenvalue weighted by Crippen LogP contribution is -2.51. The molecule has 3 heterocycles. The van der Waals surface area contributed by atoms with Crippen molar-refractivity contribution in [1.29, 1.82) is 5.26 Å². The maximum Gasteiger partial charge on any atom is 0.320 e. The Morgan fingerprint density at radius 2 is 1.81 bits per heavy atom. The molecule has 2 fully saturated rings. The number of urea groups is 1. The minimum Gasteiger partial charge on any atom is -0.339 e. The van der Waals surface area contributed by atoms with Crippen molar-refractivity contribution in [3.05, 3.63) is 71.1 Å². The molecule has 0 bridgehead atoms. The molecule has 7 nitrogen and oxygen atoms in total. The van der Waals surface area contributed by atoms with Gasteiger partial charge in [0.1, 0.15) is 0 Å². The quantitative estimate of drug-likeness (QED) is 0.467. The van der Waals surface area contributed by atoms with E-state index >= 15 is 0 Å². The van der Waals surface area contributed by atoms with Crippen molar-refractivity contribution in [3.63, 3.8) is 0 Å². The molecular weight excluding hydrogens is 476 g/mol. The van der Waals surface area contributed by atoms with Gasteiger partial charge < -0.3 is 14.3 Å². The Balaban J connectivity index is 1.41. The molecule has 0 saturated carbocycles. The Bertz CT molecular complexity index is 1290. The van der Waals surface area contributed by atoms with Crippen molar-refractivity contribution < 1.29 is 18.1 Å². The highest BCUT2D eigenvalue weighted by atomic mass is 19.2. The van der Waals surface area contributed by atoms with Gasteiger partial charge in [-0.2, -0.15) is 10.2 Å². The lowest BCUT2D eigenvalue weighted by atomic mass is 9.84. The summed E-state index contributed by atoms with van der Waals surface area (Å²) in [7, 11) is 0. The number of benzene rings is 2. The molecule has 0 N–H and O–H groups in total. The van der Waals surface area contributed by atoms with E-state index in [9.17, 15) is 18.8 Å². The van der Waals surface area contributed by atoms with Crippen LogP contribution < -0.4 is 0 Å². The molecule has 2 unspecified atom stereocenters. The van der Waals surface area contributed by atoms with Crippen LogP contribution in [-0.4, -0.2) is 52.2 Å². The van der Waals surface area contributed by atoms with E-state index in [1.165, 1.54) is 17.7 Å². The molecule has 5 rings (SSSR count). The SMILES string of the molecule is CCc1ccc(C2CC(c3nc(-c4cccc(F)c4F)no3)CN(C(=O)N3CCC(C#N)CC3)C2)cc1. The van der Waals surface area contributed by atoms with Gasteiger partial charge in [0.15, 0.2) is 11.6 Å². The van der Waals surface area contributed by atoms with E-state index in [1.807, 2.05) is 9.80 Å². The van der Waals surface area contributed by atoms with Gasteiger partial charge in [-0.3, -0.25) is 0 Å². The zero-order valence-electron chi connectivity index (χ0n) is 20.7. The second-order valence-electron chi connectivity index (χ2n) is 9.86. The zero-order valence-corrected chi connectivity index (χ0v) is 20.7. The monoisotopic (exact) mass is 505 g/mol. The molecule has 0 spiro atoms. The number of carbonyl (C=O) groups is 1. The predicted molar refractivity (Wildman–Crippen MR) is 132 cm³/mol. The maximum atomic E-state index is 14.3. The van der Waals surface area contributed by atoms with Crippen molar-refractivity contribution in [2.24, 2.45) is 5.92 Å². The van der Waals surface area contributed by atoms with Gasteiger partial charge in [-0.15, -0.1) is 0 Å².